The first-order chi connectivity index (χ1) is 11.7. The molecule has 0 bridgehead atoms. The lowest BCUT2D eigenvalue weighted by Gasteiger charge is -2.27. The van der Waals surface area contributed by atoms with Crippen LogP contribution in [0, 0.1) is 0 Å². The molecule has 1 aromatic rings. The maximum Gasteiger partial charge on any atom is 0.247 e. The van der Waals surface area contributed by atoms with Gasteiger partial charge in [0.25, 0.3) is 0 Å². The van der Waals surface area contributed by atoms with Crippen molar-refractivity contribution in [3.63, 3.8) is 0 Å². The molecule has 9 heteroatoms. The van der Waals surface area contributed by atoms with Gasteiger partial charge in [-0.2, -0.15) is 0 Å². The number of nitrogens with two attached hydrogens (primary N) is 1. The highest BCUT2D eigenvalue weighted by atomic mass is 32.3. The zero-order chi connectivity index (χ0) is 21.4. The third kappa shape index (κ3) is 2.57. The normalized spacial score (nSPS) is 41.4. The van der Waals surface area contributed by atoms with Gasteiger partial charge in [-0.15, -0.1) is 11.3 Å². The summed E-state index contributed by atoms with van der Waals surface area (Å²) in [7, 11) is -9.07. The Morgan fingerprint density at radius 2 is 2.47 bits per heavy atom. The van der Waals surface area contributed by atoms with E-state index < -0.39 is 70.9 Å². The second-order valence-electron chi connectivity index (χ2n) is 3.83. The number of sulfonamides is 1. The highest BCUT2D eigenvalue weighted by Gasteiger charge is 2.39. The second-order valence-corrected chi connectivity index (χ2v) is 8.98. The predicted molar refractivity (Wildman–Crippen MR) is 73.4 cm³/mol. The minimum Gasteiger partial charge on any atom is -0.310 e. The summed E-state index contributed by atoms with van der Waals surface area (Å²) >= 11 is 0.0824. The van der Waals surface area contributed by atoms with Crippen molar-refractivity contribution < 1.29 is 27.8 Å². The molecule has 0 aromatic carbocycles. The van der Waals surface area contributed by atoms with Crippen LogP contribution in [0.2, 0.25) is 0 Å². The predicted octanol–water partition coefficient (Wildman–Crippen LogP) is 0.612. The third-order valence-corrected chi connectivity index (χ3v) is 7.42. The quantitative estimate of drug-likeness (QED) is 0.843. The largest absolute Gasteiger partial charge is 0.310 e. The Morgan fingerprint density at radius 3 is 3.05 bits per heavy atom. The number of sulfone groups is 1. The van der Waals surface area contributed by atoms with Gasteiger partial charge in [-0.1, -0.05) is 6.85 Å². The molecular formula is C10H16N2O4S3. The molecule has 19 heavy (non-hydrogen) atoms. The number of thiophene rings is 1. The molecule has 1 aromatic heterocycles. The number of hydrogen-bond donors (Lipinski definition) is 2. The summed E-state index contributed by atoms with van der Waals surface area (Å²) in [5.74, 6) is 0. The Morgan fingerprint density at radius 1 is 1.79 bits per heavy atom. The highest BCUT2D eigenvalue weighted by Crippen LogP contribution is 2.42. The second kappa shape index (κ2) is 4.81. The van der Waals surface area contributed by atoms with Crippen LogP contribution in [-0.4, -0.2) is 28.6 Å². The van der Waals surface area contributed by atoms with E-state index in [0.29, 0.717) is 0 Å². The molecule has 2 heterocycles. The van der Waals surface area contributed by atoms with Crippen molar-refractivity contribution >= 4 is 31.2 Å². The monoisotopic (exact) mass is 332 g/mol. The first-order valence-corrected chi connectivity index (χ1v) is 8.73. The van der Waals surface area contributed by atoms with Crippen molar-refractivity contribution in [3.8, 4) is 0 Å². The molecular weight excluding hydrogens is 308 g/mol. The summed E-state index contributed by atoms with van der Waals surface area (Å²) in [6.45, 7) is -5.54. The summed E-state index contributed by atoms with van der Waals surface area (Å²) < 4.78 is 109. The Balaban J connectivity index is 2.87. The standard InChI is InChI=1S/C10H16N2O4S3/c1-3-12-8-4-6(2)18(13,14)10-7(8)5-9(17-10)19(11,15)16/h5-6,8,12H,3-4H2,1-2H3,(H2,11,15,16)/t6-,8-/m0/s1/i1D3,3D2,5D,6D,8D. The summed E-state index contributed by atoms with van der Waals surface area (Å²) in [4.78, 5) is 0. The average molecular weight is 332 g/mol. The van der Waals surface area contributed by atoms with E-state index in [1.165, 1.54) is 0 Å². The van der Waals surface area contributed by atoms with Crippen LogP contribution in [0.4, 0.5) is 0 Å². The van der Waals surface area contributed by atoms with Crippen LogP contribution in [0.1, 0.15) is 42.7 Å². The fourth-order valence-electron chi connectivity index (χ4n) is 1.60. The number of nitrogens with one attached hydrogen (secondary N) is 1. The summed E-state index contributed by atoms with van der Waals surface area (Å²) in [5, 5.41) is 4.45. The van der Waals surface area contributed by atoms with E-state index in [1.807, 2.05) is 5.32 Å². The average Bonchev–Trinajstić information content (AvgIpc) is 2.73. The molecule has 2 atom stereocenters. The van der Waals surface area contributed by atoms with Crippen LogP contribution in [0.5, 0.6) is 0 Å². The van der Waals surface area contributed by atoms with E-state index >= 15 is 0 Å². The lowest BCUT2D eigenvalue weighted by Crippen LogP contribution is -2.33. The molecule has 0 saturated heterocycles. The molecule has 0 amide bonds. The smallest absolute Gasteiger partial charge is 0.247 e. The Hall–Kier alpha value is -0.480. The molecule has 0 radical (unpaired) electrons. The summed E-state index contributed by atoms with van der Waals surface area (Å²) in [6, 6.07) is -3.52. The van der Waals surface area contributed by atoms with Crippen molar-refractivity contribution in [2.24, 2.45) is 5.14 Å². The summed E-state index contributed by atoms with van der Waals surface area (Å²) in [5.41, 5.74) is -0.741. The van der Waals surface area contributed by atoms with Crippen LogP contribution < -0.4 is 10.5 Å². The van der Waals surface area contributed by atoms with Crippen LogP contribution in [0.15, 0.2) is 14.5 Å². The molecule has 0 fully saturated rings. The van der Waals surface area contributed by atoms with Gasteiger partial charge in [0.1, 0.15) is 8.42 Å². The zero-order valence-corrected chi connectivity index (χ0v) is 12.1. The SMILES string of the molecule is [2H]c1c(S(N)(=O)=O)sc2c1[C@@]([2H])(NC([2H])([2H])C([2H])([2H])[2H])C[C@]([2H])(C)S2(=O)=O. The van der Waals surface area contributed by atoms with Crippen LogP contribution in [0.3, 0.4) is 0 Å². The molecule has 0 saturated carbocycles. The van der Waals surface area contributed by atoms with Gasteiger partial charge < -0.3 is 5.32 Å². The minimum atomic E-state index is -4.55. The Labute approximate surface area is 128 Å². The van der Waals surface area contributed by atoms with Gasteiger partial charge in [-0.3, -0.25) is 0 Å². The van der Waals surface area contributed by atoms with E-state index in [-0.39, 0.29) is 11.3 Å². The van der Waals surface area contributed by atoms with Crippen molar-refractivity contribution in [2.75, 3.05) is 6.50 Å². The highest BCUT2D eigenvalue weighted by molar-refractivity contribution is 7.95. The summed E-state index contributed by atoms with van der Waals surface area (Å²) in [6.07, 6.45) is -0.947. The first-order valence-electron chi connectivity index (χ1n) is 8.88. The van der Waals surface area contributed by atoms with E-state index in [1.54, 1.807) is 0 Å². The van der Waals surface area contributed by atoms with Gasteiger partial charge in [0.05, 0.1) is 7.97 Å². The number of rotatable bonds is 3. The van der Waals surface area contributed by atoms with Crippen LogP contribution >= 0.6 is 11.3 Å². The van der Waals surface area contributed by atoms with Crippen molar-refractivity contribution in [3.05, 3.63) is 11.6 Å². The van der Waals surface area contributed by atoms with Gasteiger partial charge >= 0.3 is 0 Å². The molecule has 108 valence electrons. The first kappa shape index (κ1) is 7.51. The molecule has 0 unspecified atom stereocenters. The molecule has 1 aliphatic rings. The van der Waals surface area contributed by atoms with Gasteiger partial charge in [-0.25, -0.2) is 22.0 Å². The van der Waals surface area contributed by atoms with Crippen LogP contribution in [0.25, 0.3) is 0 Å². The fourth-order valence-corrected chi connectivity index (χ4v) is 5.53. The topological polar surface area (TPSA) is 106 Å². The fraction of sp³-hybridized carbons (Fsp3) is 0.600. The molecule has 0 spiro atoms. The lowest BCUT2D eigenvalue weighted by molar-refractivity contribution is 0.477. The number of hydrogen-bond acceptors (Lipinski definition) is 6. The molecule has 3 N–H and O–H groups in total. The van der Waals surface area contributed by atoms with Crippen LogP contribution in [-0.2, 0) is 19.9 Å². The number of fused-ring (bicyclic) bond motifs is 1. The maximum atomic E-state index is 12.7. The van der Waals surface area contributed by atoms with E-state index in [2.05, 4.69) is 0 Å². The molecule has 6 nitrogen and oxygen atoms in total. The van der Waals surface area contributed by atoms with Gasteiger partial charge in [0, 0.05) is 19.8 Å². The van der Waals surface area contributed by atoms with Crippen molar-refractivity contribution in [1.29, 1.82) is 0 Å². The third-order valence-electron chi connectivity index (χ3n) is 2.52. The van der Waals surface area contributed by atoms with Crippen molar-refractivity contribution in [1.82, 2.24) is 5.32 Å². The molecule has 0 aliphatic carbocycles. The molecule has 2 rings (SSSR count). The van der Waals surface area contributed by atoms with Gasteiger partial charge in [-0.05, 0) is 25.9 Å². The minimum absolute atomic E-state index is 0.0824. The van der Waals surface area contributed by atoms with Gasteiger partial charge in [0.15, 0.2) is 9.84 Å². The Bertz CT molecular complexity index is 998. The van der Waals surface area contributed by atoms with E-state index in [9.17, 15) is 16.8 Å². The van der Waals surface area contributed by atoms with Crippen molar-refractivity contribution in [2.45, 2.75) is 39.9 Å². The zero-order valence-electron chi connectivity index (χ0n) is 17.6. The van der Waals surface area contributed by atoms with Gasteiger partial charge in [0.2, 0.25) is 10.0 Å². The van der Waals surface area contributed by atoms with E-state index in [0.717, 1.165) is 6.92 Å². The van der Waals surface area contributed by atoms with E-state index in [4.69, 9.17) is 16.1 Å². The maximum absolute atomic E-state index is 12.7. The Kier molecular flexibility index (Phi) is 1.90. The lowest BCUT2D eigenvalue weighted by atomic mass is 10.1. The number of primary sulfonamides is 1. The molecule has 1 aliphatic heterocycles.